The van der Waals surface area contributed by atoms with Gasteiger partial charge in [0, 0.05) is 28.4 Å². The Hall–Kier alpha value is -1.33. The molecular weight excluding hydrogens is 336 g/mol. The van der Waals surface area contributed by atoms with Crippen LogP contribution in [0.3, 0.4) is 0 Å². The summed E-state index contributed by atoms with van der Waals surface area (Å²) in [5.74, 6) is 0.982. The van der Waals surface area contributed by atoms with E-state index in [0.29, 0.717) is 11.6 Å². The quantitative estimate of drug-likeness (QED) is 0.738. The second kappa shape index (κ2) is 8.67. The van der Waals surface area contributed by atoms with Crippen molar-refractivity contribution < 1.29 is 4.79 Å². The SMILES string of the molecule is Cc1ccc(-c2csc(NC(=O)CCSC3CCCCC3)n2)cc1. The van der Waals surface area contributed by atoms with Crippen LogP contribution in [-0.4, -0.2) is 21.9 Å². The standard InChI is InChI=1S/C19H24N2OS2/c1-14-7-9-15(10-8-14)17-13-24-19(20-17)21-18(22)11-12-23-16-5-3-2-4-6-16/h7-10,13,16H,2-6,11-12H2,1H3,(H,20,21,22). The summed E-state index contributed by atoms with van der Waals surface area (Å²) in [6.45, 7) is 2.07. The lowest BCUT2D eigenvalue weighted by Crippen LogP contribution is -2.14. The fraction of sp³-hybridized carbons (Fsp3) is 0.474. The molecule has 0 aliphatic heterocycles. The van der Waals surface area contributed by atoms with Crippen molar-refractivity contribution in [2.24, 2.45) is 0 Å². The molecule has 1 fully saturated rings. The predicted molar refractivity (Wildman–Crippen MR) is 105 cm³/mol. The van der Waals surface area contributed by atoms with Crippen LogP contribution in [0.25, 0.3) is 11.3 Å². The fourth-order valence-corrected chi connectivity index (χ4v) is 4.96. The first-order valence-corrected chi connectivity index (χ1v) is 10.6. The maximum absolute atomic E-state index is 12.1. The molecule has 3 rings (SSSR count). The fourth-order valence-electron chi connectivity index (χ4n) is 2.92. The number of anilines is 1. The number of hydrogen-bond donors (Lipinski definition) is 1. The number of aromatic nitrogens is 1. The Labute approximate surface area is 152 Å². The van der Waals surface area contributed by atoms with Crippen molar-refractivity contribution >= 4 is 34.1 Å². The van der Waals surface area contributed by atoms with Gasteiger partial charge in [-0.15, -0.1) is 11.3 Å². The summed E-state index contributed by atoms with van der Waals surface area (Å²) >= 11 is 3.45. The van der Waals surface area contributed by atoms with Crippen molar-refractivity contribution in [3.05, 3.63) is 35.2 Å². The number of rotatable bonds is 6. The maximum Gasteiger partial charge on any atom is 0.226 e. The van der Waals surface area contributed by atoms with E-state index in [1.54, 1.807) is 0 Å². The summed E-state index contributed by atoms with van der Waals surface area (Å²) in [5, 5.41) is 6.39. The summed E-state index contributed by atoms with van der Waals surface area (Å²) in [4.78, 5) is 16.6. The molecule has 2 aromatic rings. The third-order valence-electron chi connectivity index (χ3n) is 4.33. The van der Waals surface area contributed by atoms with Crippen LogP contribution in [0.5, 0.6) is 0 Å². The Morgan fingerprint density at radius 3 is 2.75 bits per heavy atom. The smallest absolute Gasteiger partial charge is 0.226 e. The van der Waals surface area contributed by atoms with Crippen LogP contribution in [0.15, 0.2) is 29.6 Å². The van der Waals surface area contributed by atoms with E-state index in [-0.39, 0.29) is 5.91 Å². The first-order valence-electron chi connectivity index (χ1n) is 8.65. The van der Waals surface area contributed by atoms with Crippen LogP contribution < -0.4 is 5.32 Å². The zero-order valence-electron chi connectivity index (χ0n) is 14.1. The minimum absolute atomic E-state index is 0.0723. The van der Waals surface area contributed by atoms with Crippen LogP contribution in [0, 0.1) is 6.92 Å². The Morgan fingerprint density at radius 1 is 1.25 bits per heavy atom. The van der Waals surface area contributed by atoms with Crippen LogP contribution in [0.1, 0.15) is 44.1 Å². The van der Waals surface area contributed by atoms with Crippen molar-refractivity contribution in [3.63, 3.8) is 0 Å². The first-order chi connectivity index (χ1) is 11.7. The largest absolute Gasteiger partial charge is 0.302 e. The van der Waals surface area contributed by atoms with Gasteiger partial charge >= 0.3 is 0 Å². The molecule has 1 aliphatic carbocycles. The minimum atomic E-state index is 0.0723. The maximum atomic E-state index is 12.1. The Kier molecular flexibility index (Phi) is 6.32. The van der Waals surface area contributed by atoms with E-state index in [0.717, 1.165) is 22.3 Å². The highest BCUT2D eigenvalue weighted by Gasteiger charge is 2.14. The topological polar surface area (TPSA) is 42.0 Å². The van der Waals surface area contributed by atoms with E-state index in [9.17, 15) is 4.79 Å². The predicted octanol–water partition coefficient (Wildman–Crippen LogP) is 5.51. The minimum Gasteiger partial charge on any atom is -0.302 e. The van der Waals surface area contributed by atoms with Gasteiger partial charge in [-0.3, -0.25) is 4.79 Å². The lowest BCUT2D eigenvalue weighted by molar-refractivity contribution is -0.115. The number of carbonyl (C=O) groups is 1. The van der Waals surface area contributed by atoms with Gasteiger partial charge in [0.15, 0.2) is 5.13 Å². The summed E-state index contributed by atoms with van der Waals surface area (Å²) in [5.41, 5.74) is 3.25. The summed E-state index contributed by atoms with van der Waals surface area (Å²) in [6.07, 6.45) is 7.29. The molecule has 1 amide bonds. The second-order valence-electron chi connectivity index (χ2n) is 6.33. The van der Waals surface area contributed by atoms with Crippen molar-refractivity contribution in [1.82, 2.24) is 4.98 Å². The summed E-state index contributed by atoms with van der Waals surface area (Å²) in [7, 11) is 0. The Bertz CT molecular complexity index is 660. The lowest BCUT2D eigenvalue weighted by Gasteiger charge is -2.20. The van der Waals surface area contributed by atoms with Crippen LogP contribution in [-0.2, 0) is 4.79 Å². The molecule has 5 heteroatoms. The van der Waals surface area contributed by atoms with E-state index in [1.807, 2.05) is 17.1 Å². The molecule has 1 aliphatic rings. The molecular formula is C19H24N2OS2. The van der Waals surface area contributed by atoms with Gasteiger partial charge in [-0.25, -0.2) is 4.98 Å². The number of thiazole rings is 1. The molecule has 1 N–H and O–H groups in total. The average molecular weight is 361 g/mol. The summed E-state index contributed by atoms with van der Waals surface area (Å²) in [6, 6.07) is 8.29. The second-order valence-corrected chi connectivity index (χ2v) is 8.60. The first kappa shape index (κ1) is 17.5. The molecule has 1 aromatic heterocycles. The molecule has 1 heterocycles. The van der Waals surface area contributed by atoms with Crippen LogP contribution in [0.2, 0.25) is 0 Å². The number of nitrogens with zero attached hydrogens (tertiary/aromatic N) is 1. The highest BCUT2D eigenvalue weighted by Crippen LogP contribution is 2.29. The van der Waals surface area contributed by atoms with E-state index in [4.69, 9.17) is 0 Å². The average Bonchev–Trinajstić information content (AvgIpc) is 3.05. The van der Waals surface area contributed by atoms with E-state index < -0.39 is 0 Å². The number of carbonyl (C=O) groups excluding carboxylic acids is 1. The number of nitrogens with one attached hydrogen (secondary N) is 1. The number of aryl methyl sites for hydroxylation is 1. The molecule has 0 saturated heterocycles. The van der Waals surface area contributed by atoms with Gasteiger partial charge in [-0.05, 0) is 19.8 Å². The molecule has 128 valence electrons. The number of benzene rings is 1. The number of amides is 1. The molecule has 0 unspecified atom stereocenters. The lowest BCUT2D eigenvalue weighted by atomic mass is 10.0. The van der Waals surface area contributed by atoms with E-state index in [1.165, 1.54) is 49.0 Å². The third kappa shape index (κ3) is 5.08. The van der Waals surface area contributed by atoms with Gasteiger partial charge < -0.3 is 5.32 Å². The van der Waals surface area contributed by atoms with Gasteiger partial charge in [-0.1, -0.05) is 49.1 Å². The van der Waals surface area contributed by atoms with Crippen molar-refractivity contribution in [3.8, 4) is 11.3 Å². The van der Waals surface area contributed by atoms with E-state index >= 15 is 0 Å². The van der Waals surface area contributed by atoms with Crippen molar-refractivity contribution in [2.75, 3.05) is 11.1 Å². The van der Waals surface area contributed by atoms with E-state index in [2.05, 4.69) is 41.5 Å². The number of thioether (sulfide) groups is 1. The molecule has 24 heavy (non-hydrogen) atoms. The molecule has 0 bridgehead atoms. The molecule has 0 atom stereocenters. The summed E-state index contributed by atoms with van der Waals surface area (Å²) < 4.78 is 0. The zero-order chi connectivity index (χ0) is 16.8. The highest BCUT2D eigenvalue weighted by atomic mass is 32.2. The molecule has 0 spiro atoms. The normalized spacial score (nSPS) is 15.4. The Balaban J connectivity index is 1.45. The molecule has 0 radical (unpaired) electrons. The van der Waals surface area contributed by atoms with Gasteiger partial charge in [0.25, 0.3) is 0 Å². The van der Waals surface area contributed by atoms with Gasteiger partial charge in [0.1, 0.15) is 0 Å². The van der Waals surface area contributed by atoms with Crippen molar-refractivity contribution in [2.45, 2.75) is 50.7 Å². The Morgan fingerprint density at radius 2 is 2.00 bits per heavy atom. The van der Waals surface area contributed by atoms with Gasteiger partial charge in [0.2, 0.25) is 5.91 Å². The molecule has 3 nitrogen and oxygen atoms in total. The number of hydrogen-bond acceptors (Lipinski definition) is 4. The molecule has 1 aromatic carbocycles. The van der Waals surface area contributed by atoms with Crippen molar-refractivity contribution in [1.29, 1.82) is 0 Å². The third-order valence-corrected chi connectivity index (χ3v) is 6.47. The monoisotopic (exact) mass is 360 g/mol. The zero-order valence-corrected chi connectivity index (χ0v) is 15.7. The van der Waals surface area contributed by atoms with Gasteiger partial charge in [0.05, 0.1) is 5.69 Å². The highest BCUT2D eigenvalue weighted by molar-refractivity contribution is 7.99. The van der Waals surface area contributed by atoms with Crippen LogP contribution in [0.4, 0.5) is 5.13 Å². The van der Waals surface area contributed by atoms with Crippen LogP contribution >= 0.6 is 23.1 Å². The molecule has 1 saturated carbocycles. The van der Waals surface area contributed by atoms with Gasteiger partial charge in [-0.2, -0.15) is 11.8 Å².